The largest absolute Gasteiger partial charge is 0.484 e. The van der Waals surface area contributed by atoms with Gasteiger partial charge in [-0.3, -0.25) is 0 Å². The Bertz CT molecular complexity index is 965. The van der Waals surface area contributed by atoms with Crippen LogP contribution in [0.15, 0.2) is 59.1 Å². The van der Waals surface area contributed by atoms with Crippen molar-refractivity contribution in [1.82, 2.24) is 4.98 Å². The van der Waals surface area contributed by atoms with Crippen LogP contribution in [0, 0.1) is 0 Å². The van der Waals surface area contributed by atoms with Gasteiger partial charge in [-0.1, -0.05) is 29.8 Å². The molecule has 130 valence electrons. The first-order chi connectivity index (χ1) is 11.9. The normalized spacial score (nSPS) is 11.4. The summed E-state index contributed by atoms with van der Waals surface area (Å²) in [6, 6.07) is 14.2. The van der Waals surface area contributed by atoms with Crippen LogP contribution < -0.4 is 4.74 Å². The van der Waals surface area contributed by atoms with Gasteiger partial charge in [0.2, 0.25) is 5.89 Å². The third-order valence-electron chi connectivity index (χ3n) is 3.42. The van der Waals surface area contributed by atoms with Gasteiger partial charge in [-0.05, 0) is 30.3 Å². The summed E-state index contributed by atoms with van der Waals surface area (Å²) in [6.07, 6.45) is 2.81. The molecule has 0 aliphatic carbocycles. The number of ether oxygens (including phenoxy) is 1. The number of sulfone groups is 1. The molecule has 3 rings (SSSR count). The number of oxazole rings is 1. The zero-order valence-corrected chi connectivity index (χ0v) is 15.0. The standard InChI is InChI=1S/C18H16ClNO4S/c1-25(21,22)12-14-4-2-3-5-16(14)23-11-18-20-10-17(24-18)13-6-8-15(19)9-7-13/h2-10H,11-12H2,1H3. The lowest BCUT2D eigenvalue weighted by Gasteiger charge is -2.09. The number of para-hydroxylation sites is 1. The number of hydrogen-bond acceptors (Lipinski definition) is 5. The third kappa shape index (κ3) is 4.84. The van der Waals surface area contributed by atoms with Crippen molar-refractivity contribution in [3.8, 4) is 17.1 Å². The van der Waals surface area contributed by atoms with Gasteiger partial charge in [-0.2, -0.15) is 0 Å². The fraction of sp³-hybridized carbons (Fsp3) is 0.167. The van der Waals surface area contributed by atoms with Crippen molar-refractivity contribution in [2.24, 2.45) is 0 Å². The van der Waals surface area contributed by atoms with Gasteiger partial charge < -0.3 is 9.15 Å². The van der Waals surface area contributed by atoms with Crippen LogP contribution in [-0.4, -0.2) is 19.7 Å². The second-order valence-electron chi connectivity index (χ2n) is 5.59. The molecular weight excluding hydrogens is 362 g/mol. The highest BCUT2D eigenvalue weighted by atomic mass is 35.5. The molecule has 0 atom stereocenters. The highest BCUT2D eigenvalue weighted by Crippen LogP contribution is 2.24. The second kappa shape index (κ2) is 7.29. The molecule has 0 aliphatic heterocycles. The molecular formula is C18H16ClNO4S. The van der Waals surface area contributed by atoms with Crippen LogP contribution in [-0.2, 0) is 22.2 Å². The van der Waals surface area contributed by atoms with Gasteiger partial charge in [-0.25, -0.2) is 13.4 Å². The summed E-state index contributed by atoms with van der Waals surface area (Å²) >= 11 is 5.87. The zero-order valence-electron chi connectivity index (χ0n) is 13.5. The molecule has 7 heteroatoms. The molecule has 25 heavy (non-hydrogen) atoms. The molecule has 0 radical (unpaired) electrons. The number of hydrogen-bond donors (Lipinski definition) is 0. The monoisotopic (exact) mass is 377 g/mol. The Labute approximate surface area is 151 Å². The molecule has 0 amide bonds. The van der Waals surface area contributed by atoms with E-state index in [1.807, 2.05) is 12.1 Å². The fourth-order valence-corrected chi connectivity index (χ4v) is 3.24. The summed E-state index contributed by atoms with van der Waals surface area (Å²) < 4.78 is 34.4. The number of halogens is 1. The molecule has 0 unspecified atom stereocenters. The van der Waals surface area contributed by atoms with Gasteiger partial charge in [0, 0.05) is 22.4 Å². The van der Waals surface area contributed by atoms with Crippen LogP contribution in [0.25, 0.3) is 11.3 Å². The first kappa shape index (κ1) is 17.5. The van der Waals surface area contributed by atoms with Crippen molar-refractivity contribution in [3.05, 3.63) is 71.2 Å². The molecule has 5 nitrogen and oxygen atoms in total. The Morgan fingerprint density at radius 3 is 2.56 bits per heavy atom. The lowest BCUT2D eigenvalue weighted by atomic mass is 10.2. The maximum atomic E-state index is 11.5. The van der Waals surface area contributed by atoms with E-state index < -0.39 is 9.84 Å². The Balaban J connectivity index is 1.72. The third-order valence-corrected chi connectivity index (χ3v) is 4.51. The topological polar surface area (TPSA) is 69.4 Å². The molecule has 0 fully saturated rings. The van der Waals surface area contributed by atoms with E-state index >= 15 is 0 Å². The zero-order chi connectivity index (χ0) is 17.9. The SMILES string of the molecule is CS(=O)(=O)Cc1ccccc1OCc1ncc(-c2ccc(Cl)cc2)o1. The lowest BCUT2D eigenvalue weighted by molar-refractivity contribution is 0.263. The summed E-state index contributed by atoms with van der Waals surface area (Å²) in [5, 5.41) is 0.648. The molecule has 0 spiro atoms. The van der Waals surface area contributed by atoms with Gasteiger partial charge in [-0.15, -0.1) is 0 Å². The minimum Gasteiger partial charge on any atom is -0.484 e. The van der Waals surface area contributed by atoms with Gasteiger partial charge >= 0.3 is 0 Å². The fourth-order valence-electron chi connectivity index (χ4n) is 2.31. The molecule has 3 aromatic rings. The van der Waals surface area contributed by atoms with E-state index in [1.54, 1.807) is 42.6 Å². The second-order valence-corrected chi connectivity index (χ2v) is 8.17. The van der Waals surface area contributed by atoms with Crippen LogP contribution in [0.3, 0.4) is 0 Å². The number of benzene rings is 2. The predicted octanol–water partition coefficient (Wildman–Crippen LogP) is 4.12. The van der Waals surface area contributed by atoms with E-state index in [0.717, 1.165) is 5.56 Å². The molecule has 0 N–H and O–H groups in total. The highest BCUT2D eigenvalue weighted by molar-refractivity contribution is 7.89. The van der Waals surface area contributed by atoms with Crippen molar-refractivity contribution in [2.75, 3.05) is 6.26 Å². The average Bonchev–Trinajstić information content (AvgIpc) is 3.02. The number of aromatic nitrogens is 1. The molecule has 1 aromatic heterocycles. The Morgan fingerprint density at radius 2 is 1.84 bits per heavy atom. The molecule has 1 heterocycles. The Kier molecular flexibility index (Phi) is 5.11. The lowest BCUT2D eigenvalue weighted by Crippen LogP contribution is -2.04. The number of rotatable bonds is 6. The Hall–Kier alpha value is -2.31. The summed E-state index contributed by atoms with van der Waals surface area (Å²) in [5.74, 6) is 1.43. The quantitative estimate of drug-likeness (QED) is 0.646. The van der Waals surface area contributed by atoms with Crippen molar-refractivity contribution < 1.29 is 17.6 Å². The van der Waals surface area contributed by atoms with E-state index in [4.69, 9.17) is 20.8 Å². The smallest absolute Gasteiger partial charge is 0.232 e. The molecule has 0 bridgehead atoms. The van der Waals surface area contributed by atoms with E-state index in [-0.39, 0.29) is 12.4 Å². The first-order valence-corrected chi connectivity index (χ1v) is 9.94. The van der Waals surface area contributed by atoms with Crippen LogP contribution in [0.5, 0.6) is 5.75 Å². The average molecular weight is 378 g/mol. The minimum atomic E-state index is -3.15. The van der Waals surface area contributed by atoms with Gasteiger partial charge in [0.25, 0.3) is 0 Å². The predicted molar refractivity (Wildman–Crippen MR) is 96.3 cm³/mol. The van der Waals surface area contributed by atoms with Crippen LogP contribution in [0.2, 0.25) is 5.02 Å². The number of nitrogens with zero attached hydrogens (tertiary/aromatic N) is 1. The van der Waals surface area contributed by atoms with Crippen LogP contribution in [0.1, 0.15) is 11.5 Å². The van der Waals surface area contributed by atoms with E-state index in [2.05, 4.69) is 4.98 Å². The van der Waals surface area contributed by atoms with Gasteiger partial charge in [0.1, 0.15) is 5.75 Å². The van der Waals surface area contributed by atoms with E-state index in [0.29, 0.717) is 28.0 Å². The molecule has 0 saturated heterocycles. The summed E-state index contributed by atoms with van der Waals surface area (Å²) in [6.45, 7) is 0.106. The maximum Gasteiger partial charge on any atom is 0.232 e. The minimum absolute atomic E-state index is 0.0786. The van der Waals surface area contributed by atoms with E-state index in [1.165, 1.54) is 6.26 Å². The molecule has 2 aromatic carbocycles. The van der Waals surface area contributed by atoms with Crippen molar-refractivity contribution in [3.63, 3.8) is 0 Å². The molecule has 0 saturated carbocycles. The summed E-state index contributed by atoms with van der Waals surface area (Å²) in [7, 11) is -3.15. The maximum absolute atomic E-state index is 11.5. The van der Waals surface area contributed by atoms with Crippen LogP contribution >= 0.6 is 11.6 Å². The van der Waals surface area contributed by atoms with E-state index in [9.17, 15) is 8.42 Å². The Morgan fingerprint density at radius 1 is 1.12 bits per heavy atom. The van der Waals surface area contributed by atoms with Crippen LogP contribution in [0.4, 0.5) is 0 Å². The first-order valence-electron chi connectivity index (χ1n) is 7.50. The van der Waals surface area contributed by atoms with Crippen molar-refractivity contribution in [1.29, 1.82) is 0 Å². The van der Waals surface area contributed by atoms with Gasteiger partial charge in [0.15, 0.2) is 22.2 Å². The van der Waals surface area contributed by atoms with Crippen molar-refractivity contribution in [2.45, 2.75) is 12.4 Å². The highest BCUT2D eigenvalue weighted by Gasteiger charge is 2.12. The van der Waals surface area contributed by atoms with Crippen molar-refractivity contribution >= 4 is 21.4 Å². The van der Waals surface area contributed by atoms with Gasteiger partial charge in [0.05, 0.1) is 11.9 Å². The molecule has 0 aliphatic rings. The summed E-state index contributed by atoms with van der Waals surface area (Å²) in [5.41, 5.74) is 1.47. The summed E-state index contributed by atoms with van der Waals surface area (Å²) in [4.78, 5) is 4.19.